The molecule has 1 aromatic heterocycles. The van der Waals surface area contributed by atoms with E-state index >= 15 is 0 Å². The summed E-state index contributed by atoms with van der Waals surface area (Å²) < 4.78 is 0. The quantitative estimate of drug-likeness (QED) is 0.862. The maximum Gasteiger partial charge on any atom is 0.237 e. The number of benzene rings is 1. The van der Waals surface area contributed by atoms with E-state index in [1.165, 1.54) is 18.1 Å². The smallest absolute Gasteiger partial charge is 0.237 e. The van der Waals surface area contributed by atoms with E-state index < -0.39 is 0 Å². The summed E-state index contributed by atoms with van der Waals surface area (Å²) in [5.74, 6) is 0.394. The third-order valence-corrected chi connectivity index (χ3v) is 3.41. The summed E-state index contributed by atoms with van der Waals surface area (Å²) in [6.45, 7) is 4.01. The average Bonchev–Trinajstić information content (AvgIpc) is 2.90. The number of hydrogen-bond acceptors (Lipinski definition) is 4. The lowest BCUT2D eigenvalue weighted by atomic mass is 10.2. The van der Waals surface area contributed by atoms with Crippen LogP contribution < -0.4 is 4.90 Å². The molecule has 0 atom stereocenters. The number of carbonyl (C=O) groups excluding carboxylic acids is 1. The first-order valence-corrected chi connectivity index (χ1v) is 7.02. The van der Waals surface area contributed by atoms with E-state index in [2.05, 4.69) is 15.2 Å². The van der Waals surface area contributed by atoms with Gasteiger partial charge in [-0.25, -0.2) is 4.98 Å². The summed E-state index contributed by atoms with van der Waals surface area (Å²) >= 11 is 1.36. The molecule has 2 rings (SSSR count). The van der Waals surface area contributed by atoms with Crippen molar-refractivity contribution in [2.24, 2.45) is 0 Å². The molecule has 0 unspecified atom stereocenters. The SMILES string of the molecule is CC(C)N(C(=O)CSc1ncn[nH]1)c1ccccc1.Cl. The molecule has 0 aliphatic heterocycles. The van der Waals surface area contributed by atoms with Crippen LogP contribution in [0.4, 0.5) is 5.69 Å². The first kappa shape index (κ1) is 16.5. The summed E-state index contributed by atoms with van der Waals surface area (Å²) in [6, 6.07) is 9.80. The molecule has 7 heteroatoms. The van der Waals surface area contributed by atoms with E-state index in [1.54, 1.807) is 4.90 Å². The lowest BCUT2D eigenvalue weighted by Crippen LogP contribution is -2.38. The molecular weight excluding hydrogens is 296 g/mol. The number of H-pyrrole nitrogens is 1. The van der Waals surface area contributed by atoms with E-state index in [0.717, 1.165) is 5.69 Å². The Kier molecular flexibility index (Phi) is 6.54. The van der Waals surface area contributed by atoms with Crippen LogP contribution in [0.1, 0.15) is 13.8 Å². The van der Waals surface area contributed by atoms with Crippen molar-refractivity contribution in [3.05, 3.63) is 36.7 Å². The molecule has 1 aromatic carbocycles. The third-order valence-electron chi connectivity index (χ3n) is 2.54. The number of amides is 1. The van der Waals surface area contributed by atoms with Gasteiger partial charge in [-0.15, -0.1) is 12.4 Å². The maximum absolute atomic E-state index is 12.3. The number of aromatic amines is 1. The Bertz CT molecular complexity index is 518. The van der Waals surface area contributed by atoms with Crippen molar-refractivity contribution in [3.63, 3.8) is 0 Å². The minimum atomic E-state index is 0. The zero-order valence-electron chi connectivity index (χ0n) is 11.3. The monoisotopic (exact) mass is 312 g/mol. The summed E-state index contributed by atoms with van der Waals surface area (Å²) in [4.78, 5) is 18.1. The highest BCUT2D eigenvalue weighted by Crippen LogP contribution is 2.19. The fourth-order valence-corrected chi connectivity index (χ4v) is 2.42. The van der Waals surface area contributed by atoms with Crippen LogP contribution in [0.15, 0.2) is 41.8 Å². The second-order valence-corrected chi connectivity index (χ2v) is 5.24. The highest BCUT2D eigenvalue weighted by Gasteiger charge is 2.19. The van der Waals surface area contributed by atoms with Gasteiger partial charge in [0.25, 0.3) is 0 Å². The number of aromatic nitrogens is 3. The zero-order chi connectivity index (χ0) is 13.7. The van der Waals surface area contributed by atoms with Crippen LogP contribution >= 0.6 is 24.2 Å². The Labute approximate surface area is 128 Å². The van der Waals surface area contributed by atoms with E-state index in [-0.39, 0.29) is 24.4 Å². The number of carbonyl (C=O) groups is 1. The minimum absolute atomic E-state index is 0. The Morgan fingerprint density at radius 3 is 2.60 bits per heavy atom. The van der Waals surface area contributed by atoms with Crippen LogP contribution in [0.2, 0.25) is 0 Å². The van der Waals surface area contributed by atoms with E-state index in [0.29, 0.717) is 10.9 Å². The molecule has 0 bridgehead atoms. The van der Waals surface area contributed by atoms with Crippen LogP contribution in [0, 0.1) is 0 Å². The lowest BCUT2D eigenvalue weighted by Gasteiger charge is -2.26. The van der Waals surface area contributed by atoms with Crippen molar-refractivity contribution in [1.82, 2.24) is 15.2 Å². The number of thioether (sulfide) groups is 1. The molecule has 2 aromatic rings. The molecular formula is C13H17ClN4OS. The van der Waals surface area contributed by atoms with Crippen LogP contribution in [-0.2, 0) is 4.79 Å². The molecule has 0 aliphatic carbocycles. The topological polar surface area (TPSA) is 61.9 Å². The van der Waals surface area contributed by atoms with Gasteiger partial charge in [0.05, 0.1) is 5.75 Å². The summed E-state index contributed by atoms with van der Waals surface area (Å²) in [5.41, 5.74) is 0.917. The first-order chi connectivity index (χ1) is 9.18. The van der Waals surface area contributed by atoms with Crippen LogP contribution in [-0.4, -0.2) is 32.9 Å². The predicted octanol–water partition coefficient (Wildman–Crippen LogP) is 2.76. The Morgan fingerprint density at radius 1 is 1.35 bits per heavy atom. The van der Waals surface area contributed by atoms with Crippen LogP contribution in [0.3, 0.4) is 0 Å². The van der Waals surface area contributed by atoms with E-state index in [4.69, 9.17) is 0 Å². The van der Waals surface area contributed by atoms with E-state index in [1.807, 2.05) is 44.2 Å². The molecule has 1 amide bonds. The first-order valence-electron chi connectivity index (χ1n) is 6.03. The molecule has 0 radical (unpaired) electrons. The molecule has 1 heterocycles. The van der Waals surface area contributed by atoms with Gasteiger partial charge in [0.1, 0.15) is 6.33 Å². The maximum atomic E-state index is 12.3. The highest BCUT2D eigenvalue weighted by molar-refractivity contribution is 7.99. The second-order valence-electron chi connectivity index (χ2n) is 4.27. The lowest BCUT2D eigenvalue weighted by molar-refractivity contribution is -0.116. The summed E-state index contributed by atoms with van der Waals surface area (Å²) in [6.07, 6.45) is 1.43. The molecule has 0 saturated carbocycles. The van der Waals surface area contributed by atoms with Gasteiger partial charge >= 0.3 is 0 Å². The van der Waals surface area contributed by atoms with Gasteiger partial charge in [-0.3, -0.25) is 9.89 Å². The molecule has 1 N–H and O–H groups in total. The largest absolute Gasteiger partial charge is 0.309 e. The Morgan fingerprint density at radius 2 is 2.05 bits per heavy atom. The zero-order valence-corrected chi connectivity index (χ0v) is 12.9. The molecule has 20 heavy (non-hydrogen) atoms. The van der Waals surface area contributed by atoms with Gasteiger partial charge in [0.15, 0.2) is 5.16 Å². The molecule has 5 nitrogen and oxygen atoms in total. The highest BCUT2D eigenvalue weighted by atomic mass is 35.5. The number of nitrogens with one attached hydrogen (secondary N) is 1. The number of rotatable bonds is 5. The molecule has 0 saturated heterocycles. The van der Waals surface area contributed by atoms with E-state index in [9.17, 15) is 4.79 Å². The minimum Gasteiger partial charge on any atom is -0.309 e. The summed E-state index contributed by atoms with van der Waals surface area (Å²) in [5, 5.41) is 7.15. The number of hydrogen-bond donors (Lipinski definition) is 1. The van der Waals surface area contributed by atoms with Gasteiger partial charge < -0.3 is 4.90 Å². The van der Waals surface area contributed by atoms with Crippen molar-refractivity contribution < 1.29 is 4.79 Å². The Balaban J connectivity index is 0.00000200. The molecule has 0 aliphatic rings. The van der Waals surface area contributed by atoms with Gasteiger partial charge in [-0.2, -0.15) is 5.10 Å². The summed E-state index contributed by atoms with van der Waals surface area (Å²) in [7, 11) is 0. The predicted molar refractivity (Wildman–Crippen MR) is 83.4 cm³/mol. The van der Waals surface area contributed by atoms with Crippen molar-refractivity contribution in [2.75, 3.05) is 10.7 Å². The van der Waals surface area contributed by atoms with Crippen molar-refractivity contribution in [2.45, 2.75) is 25.0 Å². The van der Waals surface area contributed by atoms with Crippen molar-refractivity contribution in [3.8, 4) is 0 Å². The molecule has 0 fully saturated rings. The Hall–Kier alpha value is -1.53. The second kappa shape index (κ2) is 7.91. The van der Waals surface area contributed by atoms with Crippen molar-refractivity contribution >= 4 is 35.8 Å². The molecule has 108 valence electrons. The average molecular weight is 313 g/mol. The number of halogens is 1. The number of nitrogens with zero attached hydrogens (tertiary/aromatic N) is 3. The fraction of sp³-hybridized carbons (Fsp3) is 0.308. The number of para-hydroxylation sites is 1. The normalized spacial score (nSPS) is 10.2. The standard InChI is InChI=1S/C13H16N4OS.ClH/c1-10(2)17(11-6-4-3-5-7-11)12(18)8-19-13-14-9-15-16-13;/h3-7,9-10H,8H2,1-2H3,(H,14,15,16);1H. The fourth-order valence-electron chi connectivity index (χ4n) is 1.78. The van der Waals surface area contributed by atoms with Crippen LogP contribution in [0.5, 0.6) is 0 Å². The van der Waals surface area contributed by atoms with Gasteiger partial charge in [-0.05, 0) is 26.0 Å². The van der Waals surface area contributed by atoms with Gasteiger partial charge in [0, 0.05) is 11.7 Å². The van der Waals surface area contributed by atoms with Gasteiger partial charge in [0.2, 0.25) is 5.91 Å². The van der Waals surface area contributed by atoms with Gasteiger partial charge in [-0.1, -0.05) is 30.0 Å². The van der Waals surface area contributed by atoms with Crippen LogP contribution in [0.25, 0.3) is 0 Å². The molecule has 0 spiro atoms. The third kappa shape index (κ3) is 4.25. The van der Waals surface area contributed by atoms with Crippen molar-refractivity contribution in [1.29, 1.82) is 0 Å². The number of anilines is 1.